The molecule has 6 N–H and O–H groups in total. The zero-order chi connectivity index (χ0) is 15.0. The van der Waals surface area contributed by atoms with Crippen molar-refractivity contribution in [3.05, 3.63) is 24.3 Å². The molecule has 0 heterocycles. The van der Waals surface area contributed by atoms with E-state index in [-0.39, 0.29) is 0 Å². The third-order valence-electron chi connectivity index (χ3n) is 1.12. The summed E-state index contributed by atoms with van der Waals surface area (Å²) in [5.41, 5.74) is 9.53. The van der Waals surface area contributed by atoms with Crippen molar-refractivity contribution in [2.45, 2.75) is 0 Å². The first-order chi connectivity index (χ1) is 7.80. The van der Waals surface area contributed by atoms with E-state index in [1.165, 1.54) is 0 Å². The van der Waals surface area contributed by atoms with Crippen LogP contribution in [0.2, 0.25) is 0 Å². The van der Waals surface area contributed by atoms with Crippen LogP contribution < -0.4 is 11.5 Å². The fraction of sp³-hybridized carbons (Fsp3) is 0. The van der Waals surface area contributed by atoms with Gasteiger partial charge in [0.2, 0.25) is 0 Å². The smallest absolute Gasteiger partial charge is 0.418 e. The van der Waals surface area contributed by atoms with Crippen molar-refractivity contribution < 1.29 is 46.0 Å². The molecule has 1 aromatic rings. The molecule has 0 unspecified atom stereocenters. The van der Waals surface area contributed by atoms with E-state index in [4.69, 9.17) is 0 Å². The molecule has 12 heteroatoms. The number of halogens is 8. The predicted molar refractivity (Wildman–Crippen MR) is 51.9 cm³/mol. The lowest BCUT2D eigenvalue weighted by molar-refractivity contribution is -0.299. The van der Waals surface area contributed by atoms with Crippen LogP contribution in [-0.2, 0) is 0 Å². The van der Waals surface area contributed by atoms with Crippen LogP contribution >= 0.6 is 0 Å². The van der Waals surface area contributed by atoms with Crippen LogP contribution in [0.4, 0.5) is 45.9 Å². The van der Waals surface area contributed by atoms with Gasteiger partial charge in [-0.3, -0.25) is 0 Å². The average Bonchev–Trinajstić information content (AvgIpc) is 2.04. The molecule has 0 bridgehead atoms. The zero-order valence-corrected chi connectivity index (χ0v) is 8.90. The van der Waals surface area contributed by atoms with Crippen LogP contribution in [-0.4, -0.2) is 14.5 Å². The van der Waals surface area contributed by atoms with Crippen molar-refractivity contribution in [2.24, 2.45) is 0 Å². The van der Waals surface area contributed by atoms with Gasteiger partial charge in [-0.05, 0) is 0 Å². The third-order valence-corrected chi connectivity index (χ3v) is 1.12. The number of quaternary nitrogens is 2. The lowest BCUT2D eigenvalue weighted by atomic mass is 10.3. The molecule has 2 nitrogen and oxygen atoms in total. The zero-order valence-electron chi connectivity index (χ0n) is 8.90. The van der Waals surface area contributed by atoms with E-state index in [1.807, 2.05) is 24.3 Å². The molecule has 1 rings (SSSR count). The summed E-state index contributed by atoms with van der Waals surface area (Å²) in [7, 11) is -12.0. The molecular weight excluding hydrogens is 274 g/mol. The second-order valence-electron chi connectivity index (χ2n) is 2.76. The molecule has 0 aromatic heterocycles. The highest BCUT2D eigenvalue weighted by Crippen LogP contribution is 2.07. The third kappa shape index (κ3) is 29.3. The van der Waals surface area contributed by atoms with Crippen molar-refractivity contribution >= 4 is 25.9 Å². The minimum absolute atomic E-state index is 1.01. The Morgan fingerprint density at radius 3 is 0.889 bits per heavy atom. The van der Waals surface area contributed by atoms with Gasteiger partial charge in [-0.15, -0.1) is 0 Å². The van der Waals surface area contributed by atoms with Gasteiger partial charge in [-0.2, -0.15) is 0 Å². The van der Waals surface area contributed by atoms with Gasteiger partial charge in [0.25, 0.3) is 0 Å². The van der Waals surface area contributed by atoms with E-state index in [9.17, 15) is 34.5 Å². The van der Waals surface area contributed by atoms with Gasteiger partial charge in [0.1, 0.15) is 0 Å². The average molecular weight is 284 g/mol. The summed E-state index contributed by atoms with van der Waals surface area (Å²) < 4.78 is 78.0. The maximum atomic E-state index is 9.75. The molecule has 0 amide bonds. The maximum absolute atomic E-state index is 9.75. The normalized spacial score (nSPS) is 10.8. The second-order valence-corrected chi connectivity index (χ2v) is 2.76. The van der Waals surface area contributed by atoms with E-state index in [0.717, 1.165) is 11.4 Å². The summed E-state index contributed by atoms with van der Waals surface area (Å²) in [5, 5.41) is 0. The molecule has 0 saturated carbocycles. The highest BCUT2D eigenvalue weighted by molar-refractivity contribution is 6.50. The Morgan fingerprint density at radius 2 is 0.778 bits per heavy atom. The van der Waals surface area contributed by atoms with Crippen molar-refractivity contribution in [2.75, 3.05) is 0 Å². The Labute approximate surface area is 97.2 Å². The van der Waals surface area contributed by atoms with Gasteiger partial charge >= 0.3 is 14.5 Å². The van der Waals surface area contributed by atoms with Crippen LogP contribution in [0.1, 0.15) is 0 Å². The molecule has 0 saturated heterocycles. The predicted octanol–water partition coefficient (Wildman–Crippen LogP) is 2.03. The van der Waals surface area contributed by atoms with Gasteiger partial charge in [-0.1, -0.05) is 12.1 Å². The molecule has 0 aliphatic rings. The molecule has 0 atom stereocenters. The largest absolute Gasteiger partial charge is 0.673 e. The summed E-state index contributed by atoms with van der Waals surface area (Å²) in [5.74, 6) is 0. The molecule has 1 aromatic carbocycles. The Balaban J connectivity index is 0. The van der Waals surface area contributed by atoms with Gasteiger partial charge in [0.05, 0.1) is 0 Å². The number of hydrogen-bond donors (Lipinski definition) is 2. The monoisotopic (exact) mass is 284 g/mol. The molecule has 18 heavy (non-hydrogen) atoms. The molecule has 0 aliphatic carbocycles. The molecule has 0 fully saturated rings. The Hall–Kier alpha value is -1.29. The van der Waals surface area contributed by atoms with Gasteiger partial charge in [0, 0.05) is 12.1 Å². The minimum Gasteiger partial charge on any atom is -0.418 e. The van der Waals surface area contributed by atoms with Crippen molar-refractivity contribution in [3.8, 4) is 0 Å². The Kier molecular flexibility index (Phi) is 8.39. The topological polar surface area (TPSA) is 55.3 Å². The van der Waals surface area contributed by atoms with E-state index < -0.39 is 14.5 Å². The van der Waals surface area contributed by atoms with Crippen LogP contribution in [0.15, 0.2) is 24.3 Å². The van der Waals surface area contributed by atoms with E-state index in [2.05, 4.69) is 11.5 Å². The summed E-state index contributed by atoms with van der Waals surface area (Å²) >= 11 is 0. The van der Waals surface area contributed by atoms with E-state index in [0.29, 0.717) is 0 Å². The quantitative estimate of drug-likeness (QED) is 0.541. The molecule has 0 radical (unpaired) electrons. The van der Waals surface area contributed by atoms with Crippen LogP contribution in [0.25, 0.3) is 0 Å². The molecule has 106 valence electrons. The standard InChI is InChI=1S/C6H8N2.2BF4/c7-5-3-1-2-4-6(5)8;2*2-1(3,4)5/h1-4H,7-8H2;;/q;2*-1/p+2. The Morgan fingerprint density at radius 1 is 0.611 bits per heavy atom. The second kappa shape index (κ2) is 7.93. The summed E-state index contributed by atoms with van der Waals surface area (Å²) in [4.78, 5) is 0. The first kappa shape index (κ1) is 19.1. The summed E-state index contributed by atoms with van der Waals surface area (Å²) in [6.45, 7) is 0. The SMILES string of the molecule is F[B-](F)(F)F.F[B-](F)(F)F.[NH3+]c1ccccc1[NH3+]. The fourth-order valence-electron chi connectivity index (χ4n) is 0.557. The number of hydrogen-bond acceptors (Lipinski definition) is 0. The highest BCUT2D eigenvalue weighted by atomic mass is 19.5. The first-order valence-corrected chi connectivity index (χ1v) is 4.28. The highest BCUT2D eigenvalue weighted by Gasteiger charge is 2.21. The van der Waals surface area contributed by atoms with Gasteiger partial charge in [-0.25, -0.2) is 0 Å². The Bertz CT molecular complexity index is 294. The fourth-order valence-corrected chi connectivity index (χ4v) is 0.557. The summed E-state index contributed by atoms with van der Waals surface area (Å²) in [6, 6.07) is 7.80. The van der Waals surface area contributed by atoms with Gasteiger partial charge in [0.15, 0.2) is 11.4 Å². The van der Waals surface area contributed by atoms with Crippen molar-refractivity contribution in [1.82, 2.24) is 0 Å². The number of benzene rings is 1. The van der Waals surface area contributed by atoms with E-state index in [1.54, 1.807) is 0 Å². The minimum atomic E-state index is -6.00. The number of rotatable bonds is 0. The molecule has 0 spiro atoms. The van der Waals surface area contributed by atoms with Crippen molar-refractivity contribution in [3.63, 3.8) is 0 Å². The molecular formula is C6H10B2F8N2. The maximum Gasteiger partial charge on any atom is 0.673 e. The lowest BCUT2D eigenvalue weighted by Crippen LogP contribution is -2.49. The van der Waals surface area contributed by atoms with Crippen molar-refractivity contribution in [1.29, 1.82) is 0 Å². The van der Waals surface area contributed by atoms with Crippen LogP contribution in [0.3, 0.4) is 0 Å². The molecule has 0 aliphatic heterocycles. The van der Waals surface area contributed by atoms with Crippen LogP contribution in [0.5, 0.6) is 0 Å². The first-order valence-electron chi connectivity index (χ1n) is 4.28. The van der Waals surface area contributed by atoms with E-state index >= 15 is 0 Å². The lowest BCUT2D eigenvalue weighted by Gasteiger charge is -1.94. The van der Waals surface area contributed by atoms with Gasteiger partial charge < -0.3 is 46.0 Å². The van der Waals surface area contributed by atoms with Crippen LogP contribution in [0, 0.1) is 0 Å². The summed E-state index contributed by atoms with van der Waals surface area (Å²) in [6.07, 6.45) is 0.